The van der Waals surface area contributed by atoms with Gasteiger partial charge < -0.3 is 20.6 Å². The highest BCUT2D eigenvalue weighted by atomic mass is 16.3. The second kappa shape index (κ2) is 9.65. The fourth-order valence-corrected chi connectivity index (χ4v) is 2.88. The van der Waals surface area contributed by atoms with Crippen LogP contribution in [0.1, 0.15) is 32.6 Å². The lowest BCUT2D eigenvalue weighted by molar-refractivity contribution is -0.116. The van der Waals surface area contributed by atoms with Gasteiger partial charge in [0.05, 0.1) is 6.10 Å². The molecule has 23 heavy (non-hydrogen) atoms. The average molecular weight is 319 g/mol. The molecule has 0 radical (unpaired) electrons. The molecule has 128 valence electrons. The van der Waals surface area contributed by atoms with Crippen molar-refractivity contribution in [3.05, 3.63) is 30.3 Å². The van der Waals surface area contributed by atoms with E-state index in [0.29, 0.717) is 6.42 Å². The second-order valence-electron chi connectivity index (χ2n) is 6.40. The molecule has 1 unspecified atom stereocenters. The lowest BCUT2D eigenvalue weighted by Gasteiger charge is -2.29. The molecule has 0 aromatic heterocycles. The van der Waals surface area contributed by atoms with Gasteiger partial charge in [0.15, 0.2) is 0 Å². The highest BCUT2D eigenvalue weighted by Gasteiger charge is 2.16. The predicted octanol–water partition coefficient (Wildman–Crippen LogP) is 1.84. The standard InChI is InChI=1S/C18H29N3O2/c1-15(14-18(23)20-16-6-3-2-4-7-16)19-10-5-11-21-12-8-17(22)9-13-21/h2-4,6-7,15,17,19,22H,5,8-14H2,1H3,(H,20,23). The zero-order valence-corrected chi connectivity index (χ0v) is 14.0. The maximum atomic E-state index is 12.0. The van der Waals surface area contributed by atoms with E-state index in [2.05, 4.69) is 15.5 Å². The number of aliphatic hydroxyl groups excluding tert-OH is 1. The Bertz CT molecular complexity index is 459. The number of rotatable bonds is 8. The summed E-state index contributed by atoms with van der Waals surface area (Å²) in [5.41, 5.74) is 0.844. The van der Waals surface area contributed by atoms with E-state index in [-0.39, 0.29) is 18.1 Å². The number of aliphatic hydroxyl groups is 1. The number of likely N-dealkylation sites (tertiary alicyclic amines) is 1. The molecule has 1 heterocycles. The predicted molar refractivity (Wildman–Crippen MR) is 93.5 cm³/mol. The molecule has 0 saturated carbocycles. The molecular formula is C18H29N3O2. The maximum Gasteiger partial charge on any atom is 0.225 e. The van der Waals surface area contributed by atoms with Crippen molar-refractivity contribution in [2.45, 2.75) is 44.8 Å². The minimum Gasteiger partial charge on any atom is -0.393 e. The Morgan fingerprint density at radius 1 is 1.30 bits per heavy atom. The number of piperidine rings is 1. The number of hydrogen-bond acceptors (Lipinski definition) is 4. The van der Waals surface area contributed by atoms with E-state index >= 15 is 0 Å². The zero-order chi connectivity index (χ0) is 16.5. The van der Waals surface area contributed by atoms with Gasteiger partial charge in [0.25, 0.3) is 0 Å². The Balaban J connectivity index is 1.54. The van der Waals surface area contributed by atoms with Crippen LogP contribution in [0.4, 0.5) is 5.69 Å². The van der Waals surface area contributed by atoms with Gasteiger partial charge in [-0.3, -0.25) is 4.79 Å². The Kier molecular flexibility index (Phi) is 7.52. The molecule has 0 spiro atoms. The van der Waals surface area contributed by atoms with E-state index in [1.54, 1.807) is 0 Å². The summed E-state index contributed by atoms with van der Waals surface area (Å²) < 4.78 is 0. The molecule has 1 aliphatic rings. The number of carbonyl (C=O) groups is 1. The van der Waals surface area contributed by atoms with Crippen molar-refractivity contribution < 1.29 is 9.90 Å². The zero-order valence-electron chi connectivity index (χ0n) is 14.0. The fraction of sp³-hybridized carbons (Fsp3) is 0.611. The van der Waals surface area contributed by atoms with Crippen LogP contribution in [0.15, 0.2) is 30.3 Å². The Morgan fingerprint density at radius 2 is 2.00 bits per heavy atom. The number of benzene rings is 1. The van der Waals surface area contributed by atoms with Gasteiger partial charge in [-0.2, -0.15) is 0 Å². The van der Waals surface area contributed by atoms with Gasteiger partial charge in [-0.15, -0.1) is 0 Å². The van der Waals surface area contributed by atoms with Gasteiger partial charge in [0, 0.05) is 31.2 Å². The first kappa shape index (κ1) is 17.9. The summed E-state index contributed by atoms with van der Waals surface area (Å²) in [6, 6.07) is 9.72. The van der Waals surface area contributed by atoms with Gasteiger partial charge >= 0.3 is 0 Å². The molecule has 1 amide bonds. The SMILES string of the molecule is CC(CC(=O)Nc1ccccc1)NCCCN1CCC(O)CC1. The van der Waals surface area contributed by atoms with Gasteiger partial charge in [0.2, 0.25) is 5.91 Å². The van der Waals surface area contributed by atoms with Gasteiger partial charge in [0.1, 0.15) is 0 Å². The molecule has 5 nitrogen and oxygen atoms in total. The largest absolute Gasteiger partial charge is 0.393 e. The van der Waals surface area contributed by atoms with Crippen molar-refractivity contribution >= 4 is 11.6 Å². The first-order chi connectivity index (χ1) is 11.1. The van der Waals surface area contributed by atoms with Crippen molar-refractivity contribution in [2.24, 2.45) is 0 Å². The van der Waals surface area contributed by atoms with Crippen LogP contribution in [0, 0.1) is 0 Å². The van der Waals surface area contributed by atoms with Crippen molar-refractivity contribution in [2.75, 3.05) is 31.5 Å². The topological polar surface area (TPSA) is 64.6 Å². The number of amides is 1. The summed E-state index contributed by atoms with van der Waals surface area (Å²) in [6.07, 6.45) is 3.23. The van der Waals surface area contributed by atoms with Crippen molar-refractivity contribution in [1.29, 1.82) is 0 Å². The van der Waals surface area contributed by atoms with E-state index in [4.69, 9.17) is 0 Å². The second-order valence-corrected chi connectivity index (χ2v) is 6.40. The van der Waals surface area contributed by atoms with Crippen molar-refractivity contribution in [3.8, 4) is 0 Å². The minimum atomic E-state index is -0.104. The molecule has 0 aliphatic carbocycles. The summed E-state index contributed by atoms with van der Waals surface area (Å²) >= 11 is 0. The molecule has 1 aromatic carbocycles. The lowest BCUT2D eigenvalue weighted by atomic mass is 10.1. The van der Waals surface area contributed by atoms with Gasteiger partial charge in [-0.1, -0.05) is 18.2 Å². The highest BCUT2D eigenvalue weighted by molar-refractivity contribution is 5.90. The first-order valence-electron chi connectivity index (χ1n) is 8.62. The lowest BCUT2D eigenvalue weighted by Crippen LogP contribution is -2.38. The summed E-state index contributed by atoms with van der Waals surface area (Å²) in [6.45, 7) is 6.01. The van der Waals surface area contributed by atoms with Crippen LogP contribution in [-0.2, 0) is 4.79 Å². The van der Waals surface area contributed by atoms with Crippen LogP contribution in [0.3, 0.4) is 0 Å². The third-order valence-electron chi connectivity index (χ3n) is 4.25. The smallest absolute Gasteiger partial charge is 0.225 e. The Hall–Kier alpha value is -1.43. The van der Waals surface area contributed by atoms with E-state index < -0.39 is 0 Å². The number of nitrogens with zero attached hydrogens (tertiary/aromatic N) is 1. The number of para-hydroxylation sites is 1. The Labute approximate surface area is 139 Å². The van der Waals surface area contributed by atoms with Gasteiger partial charge in [-0.05, 0) is 51.4 Å². The molecule has 2 rings (SSSR count). The monoisotopic (exact) mass is 319 g/mol. The number of anilines is 1. The van der Waals surface area contributed by atoms with Crippen LogP contribution in [0.2, 0.25) is 0 Å². The summed E-state index contributed by atoms with van der Waals surface area (Å²) in [5.74, 6) is 0.0428. The quantitative estimate of drug-likeness (QED) is 0.640. The van der Waals surface area contributed by atoms with E-state index in [1.165, 1.54) is 0 Å². The third-order valence-corrected chi connectivity index (χ3v) is 4.25. The Morgan fingerprint density at radius 3 is 2.70 bits per heavy atom. The van der Waals surface area contributed by atoms with E-state index in [1.807, 2.05) is 37.3 Å². The molecule has 0 bridgehead atoms. The summed E-state index contributed by atoms with van der Waals surface area (Å²) in [7, 11) is 0. The van der Waals surface area contributed by atoms with Crippen LogP contribution in [0.25, 0.3) is 0 Å². The van der Waals surface area contributed by atoms with Gasteiger partial charge in [-0.25, -0.2) is 0 Å². The first-order valence-corrected chi connectivity index (χ1v) is 8.62. The summed E-state index contributed by atoms with van der Waals surface area (Å²) in [4.78, 5) is 14.4. The van der Waals surface area contributed by atoms with Crippen LogP contribution < -0.4 is 10.6 Å². The molecule has 1 fully saturated rings. The van der Waals surface area contributed by atoms with E-state index in [0.717, 1.165) is 51.1 Å². The maximum absolute atomic E-state index is 12.0. The molecule has 5 heteroatoms. The minimum absolute atomic E-state index is 0.0428. The molecule has 1 aromatic rings. The number of carbonyl (C=O) groups excluding carboxylic acids is 1. The third kappa shape index (κ3) is 7.12. The van der Waals surface area contributed by atoms with Crippen LogP contribution in [0.5, 0.6) is 0 Å². The fourth-order valence-electron chi connectivity index (χ4n) is 2.88. The number of nitrogens with one attached hydrogen (secondary N) is 2. The van der Waals surface area contributed by atoms with Crippen molar-refractivity contribution in [3.63, 3.8) is 0 Å². The van der Waals surface area contributed by atoms with Crippen LogP contribution >= 0.6 is 0 Å². The summed E-state index contributed by atoms with van der Waals surface area (Å²) in [5, 5.41) is 15.8. The molecular weight excluding hydrogens is 290 g/mol. The van der Waals surface area contributed by atoms with Crippen LogP contribution in [-0.4, -0.2) is 54.2 Å². The normalized spacial score (nSPS) is 17.8. The molecule has 3 N–H and O–H groups in total. The average Bonchev–Trinajstić information content (AvgIpc) is 2.54. The molecule has 1 saturated heterocycles. The molecule has 1 aliphatic heterocycles. The highest BCUT2D eigenvalue weighted by Crippen LogP contribution is 2.10. The molecule has 1 atom stereocenters. The van der Waals surface area contributed by atoms with E-state index in [9.17, 15) is 9.90 Å². The number of hydrogen-bond donors (Lipinski definition) is 3. The van der Waals surface area contributed by atoms with Crippen molar-refractivity contribution in [1.82, 2.24) is 10.2 Å².